The van der Waals surface area contributed by atoms with Crippen molar-refractivity contribution in [2.24, 2.45) is 5.92 Å². The van der Waals surface area contributed by atoms with Crippen LogP contribution in [0.5, 0.6) is 5.75 Å². The molecule has 7 nitrogen and oxygen atoms in total. The van der Waals surface area contributed by atoms with Crippen molar-refractivity contribution >= 4 is 29.1 Å². The fraction of sp³-hybridized carbons (Fsp3) is 0.500. The van der Waals surface area contributed by atoms with Crippen molar-refractivity contribution in [3.8, 4) is 5.75 Å². The number of rotatable bonds is 7. The monoisotopic (exact) mass is 483 g/mol. The van der Waals surface area contributed by atoms with E-state index in [-0.39, 0.29) is 29.7 Å². The van der Waals surface area contributed by atoms with Crippen molar-refractivity contribution in [1.29, 1.82) is 0 Å². The van der Waals surface area contributed by atoms with E-state index in [0.29, 0.717) is 45.6 Å². The predicted molar refractivity (Wildman–Crippen MR) is 132 cm³/mol. The lowest BCUT2D eigenvalue weighted by atomic mass is 9.83. The lowest BCUT2D eigenvalue weighted by Gasteiger charge is -2.44. The van der Waals surface area contributed by atoms with Crippen molar-refractivity contribution in [2.75, 3.05) is 39.8 Å². The van der Waals surface area contributed by atoms with Crippen LogP contribution in [-0.2, 0) is 9.59 Å². The van der Waals surface area contributed by atoms with Gasteiger partial charge in [0, 0.05) is 39.1 Å². The summed E-state index contributed by atoms with van der Waals surface area (Å²) in [5.74, 6) is 0.692. The quantitative estimate of drug-likeness (QED) is 0.600. The highest BCUT2D eigenvalue weighted by Gasteiger charge is 2.42. The number of ether oxygens (including phenoxy) is 1. The normalized spacial score (nSPS) is 21.0. The van der Waals surface area contributed by atoms with Crippen LogP contribution in [0, 0.1) is 5.92 Å². The maximum absolute atomic E-state index is 13.8. The van der Waals surface area contributed by atoms with Gasteiger partial charge < -0.3 is 19.4 Å². The summed E-state index contributed by atoms with van der Waals surface area (Å²) in [6.07, 6.45) is 2.83. The fourth-order valence-electron chi connectivity index (χ4n) is 4.94. The second-order valence-corrected chi connectivity index (χ2v) is 9.85. The summed E-state index contributed by atoms with van der Waals surface area (Å²) >= 11 is 1.44. The molecule has 2 aliphatic heterocycles. The van der Waals surface area contributed by atoms with Crippen LogP contribution < -0.4 is 4.74 Å². The summed E-state index contributed by atoms with van der Waals surface area (Å²) in [6, 6.07) is 11.2. The van der Waals surface area contributed by atoms with E-state index in [9.17, 15) is 14.4 Å². The van der Waals surface area contributed by atoms with E-state index in [1.807, 2.05) is 56.5 Å². The van der Waals surface area contributed by atoms with Crippen molar-refractivity contribution < 1.29 is 19.1 Å². The zero-order chi connectivity index (χ0) is 24.1. The molecule has 0 radical (unpaired) electrons. The molecule has 0 unspecified atom stereocenters. The minimum atomic E-state index is -0.289. The van der Waals surface area contributed by atoms with E-state index in [1.165, 1.54) is 11.3 Å². The molecule has 0 aliphatic carbocycles. The number of thiophene rings is 1. The first-order chi connectivity index (χ1) is 16.5. The molecule has 0 N–H and O–H groups in total. The number of hydrogen-bond donors (Lipinski definition) is 0. The van der Waals surface area contributed by atoms with Gasteiger partial charge in [-0.3, -0.25) is 14.4 Å². The van der Waals surface area contributed by atoms with Crippen LogP contribution in [0.25, 0.3) is 0 Å². The van der Waals surface area contributed by atoms with E-state index in [4.69, 9.17) is 4.74 Å². The Hall–Kier alpha value is -2.87. The molecule has 1 aromatic carbocycles. The number of carbonyl (C=O) groups is 3. The summed E-state index contributed by atoms with van der Waals surface area (Å²) in [7, 11) is 1.63. The summed E-state index contributed by atoms with van der Waals surface area (Å²) in [5.41, 5.74) is 0.967. The number of nitrogens with zero attached hydrogens (tertiary/aromatic N) is 3. The minimum Gasteiger partial charge on any atom is -0.497 e. The molecule has 8 heteroatoms. The fourth-order valence-corrected chi connectivity index (χ4v) is 5.63. The van der Waals surface area contributed by atoms with Crippen LogP contribution in [0.2, 0.25) is 0 Å². The Kier molecular flexibility index (Phi) is 7.88. The molecule has 4 rings (SSSR count). The third-order valence-electron chi connectivity index (χ3n) is 6.84. The first-order valence-electron chi connectivity index (χ1n) is 12.1. The standard InChI is InChI=1S/C26H33N3O4S/c1-3-4-13-29-23(30)12-11-21(24(29)19-7-9-20(33-2)10-8-19)25(31)27-14-16-28(17-15-27)26(32)22-6-5-18-34-22/h5-10,18,21,24H,3-4,11-17H2,1-2H3/t21-,24-/m1/s1. The molecule has 0 saturated carbocycles. The van der Waals surface area contributed by atoms with Gasteiger partial charge in [0.15, 0.2) is 0 Å². The Morgan fingerprint density at radius 1 is 1.06 bits per heavy atom. The smallest absolute Gasteiger partial charge is 0.264 e. The van der Waals surface area contributed by atoms with Crippen molar-refractivity contribution in [3.63, 3.8) is 0 Å². The van der Waals surface area contributed by atoms with Gasteiger partial charge in [0.1, 0.15) is 5.75 Å². The number of hydrogen-bond acceptors (Lipinski definition) is 5. The molecule has 2 aromatic rings. The molecule has 34 heavy (non-hydrogen) atoms. The minimum absolute atomic E-state index is 0.0345. The summed E-state index contributed by atoms with van der Waals surface area (Å²) in [4.78, 5) is 45.7. The molecule has 2 atom stereocenters. The molecule has 182 valence electrons. The Balaban J connectivity index is 1.51. The average molecular weight is 484 g/mol. The SMILES string of the molecule is CCCCN1C(=O)CC[C@@H](C(=O)N2CCN(C(=O)c3cccs3)CC2)[C@H]1c1ccc(OC)cc1. The summed E-state index contributed by atoms with van der Waals surface area (Å²) in [5, 5.41) is 1.90. The number of piperidine rings is 1. The van der Waals surface area contributed by atoms with Gasteiger partial charge in [-0.2, -0.15) is 0 Å². The summed E-state index contributed by atoms with van der Waals surface area (Å²) in [6.45, 7) is 4.85. The van der Waals surface area contributed by atoms with Gasteiger partial charge >= 0.3 is 0 Å². The van der Waals surface area contributed by atoms with Gasteiger partial charge in [-0.15, -0.1) is 11.3 Å². The zero-order valence-corrected chi connectivity index (χ0v) is 20.8. The van der Waals surface area contributed by atoms with Crippen LogP contribution in [0.4, 0.5) is 0 Å². The second kappa shape index (κ2) is 11.0. The van der Waals surface area contributed by atoms with Gasteiger partial charge in [-0.1, -0.05) is 31.5 Å². The number of likely N-dealkylation sites (tertiary alicyclic amines) is 1. The zero-order valence-electron chi connectivity index (χ0n) is 19.9. The van der Waals surface area contributed by atoms with E-state index >= 15 is 0 Å². The van der Waals surface area contributed by atoms with Crippen molar-refractivity contribution in [1.82, 2.24) is 14.7 Å². The Bertz CT molecular complexity index is 984. The van der Waals surface area contributed by atoms with E-state index in [2.05, 4.69) is 6.92 Å². The maximum Gasteiger partial charge on any atom is 0.264 e. The van der Waals surface area contributed by atoms with Crippen LogP contribution in [-0.4, -0.2) is 72.3 Å². The molecule has 3 heterocycles. The van der Waals surface area contributed by atoms with E-state index in [0.717, 1.165) is 29.0 Å². The van der Waals surface area contributed by atoms with Crippen LogP contribution in [0.15, 0.2) is 41.8 Å². The third-order valence-corrected chi connectivity index (χ3v) is 7.70. The van der Waals surface area contributed by atoms with Crippen LogP contribution in [0.3, 0.4) is 0 Å². The highest BCUT2D eigenvalue weighted by atomic mass is 32.1. The topological polar surface area (TPSA) is 70.2 Å². The molecule has 2 aliphatic rings. The molecule has 2 fully saturated rings. The van der Waals surface area contributed by atoms with E-state index in [1.54, 1.807) is 7.11 Å². The molecule has 3 amide bonds. The lowest BCUT2D eigenvalue weighted by molar-refractivity contribution is -0.149. The Morgan fingerprint density at radius 2 is 1.76 bits per heavy atom. The molecular formula is C26H33N3O4S. The first kappa shape index (κ1) is 24.3. The molecular weight excluding hydrogens is 450 g/mol. The molecule has 0 spiro atoms. The molecule has 2 saturated heterocycles. The number of amides is 3. The lowest BCUT2D eigenvalue weighted by Crippen LogP contribution is -2.55. The number of piperazine rings is 1. The molecule has 1 aromatic heterocycles. The number of carbonyl (C=O) groups excluding carboxylic acids is 3. The van der Waals surface area contributed by atoms with Gasteiger partial charge in [0.25, 0.3) is 5.91 Å². The Morgan fingerprint density at radius 3 is 2.38 bits per heavy atom. The second-order valence-electron chi connectivity index (χ2n) is 8.90. The Labute approximate surface area is 205 Å². The highest BCUT2D eigenvalue weighted by Crippen LogP contribution is 2.39. The van der Waals surface area contributed by atoms with Crippen LogP contribution in [0.1, 0.15) is 53.9 Å². The third kappa shape index (κ3) is 5.12. The number of methoxy groups -OCH3 is 1. The van der Waals surface area contributed by atoms with E-state index < -0.39 is 0 Å². The maximum atomic E-state index is 13.8. The predicted octanol–water partition coefficient (Wildman–Crippen LogP) is 3.82. The van der Waals surface area contributed by atoms with Gasteiger partial charge in [0.05, 0.1) is 23.9 Å². The molecule has 0 bridgehead atoms. The van der Waals surface area contributed by atoms with Gasteiger partial charge in [-0.25, -0.2) is 0 Å². The highest BCUT2D eigenvalue weighted by molar-refractivity contribution is 7.12. The average Bonchev–Trinajstić information content (AvgIpc) is 3.42. The van der Waals surface area contributed by atoms with Crippen molar-refractivity contribution in [3.05, 3.63) is 52.2 Å². The largest absolute Gasteiger partial charge is 0.497 e. The first-order valence-corrected chi connectivity index (χ1v) is 13.0. The van der Waals surface area contributed by atoms with Gasteiger partial charge in [0.2, 0.25) is 11.8 Å². The van der Waals surface area contributed by atoms with Crippen LogP contribution >= 0.6 is 11.3 Å². The summed E-state index contributed by atoms with van der Waals surface area (Å²) < 4.78 is 5.31. The number of benzene rings is 1. The van der Waals surface area contributed by atoms with Gasteiger partial charge in [-0.05, 0) is 42.0 Å². The van der Waals surface area contributed by atoms with Crippen molar-refractivity contribution in [2.45, 2.75) is 38.6 Å². The number of unbranched alkanes of at least 4 members (excludes halogenated alkanes) is 1.